The third-order valence-electron chi connectivity index (χ3n) is 10.3. The number of aromatic nitrogens is 4. The van der Waals surface area contributed by atoms with Crippen LogP contribution in [0.4, 0.5) is 0 Å². The summed E-state index contributed by atoms with van der Waals surface area (Å²) in [7, 11) is 0. The van der Waals surface area contributed by atoms with Crippen LogP contribution in [0.2, 0.25) is 0 Å². The van der Waals surface area contributed by atoms with E-state index >= 15 is 0 Å². The summed E-state index contributed by atoms with van der Waals surface area (Å²) in [6.07, 6.45) is 1.83. The van der Waals surface area contributed by atoms with Crippen LogP contribution in [0.25, 0.3) is 100 Å². The second kappa shape index (κ2) is 14.3. The number of fused-ring (bicyclic) bond motifs is 2. The van der Waals surface area contributed by atoms with Crippen molar-refractivity contribution in [2.24, 2.45) is 0 Å². The lowest BCUT2D eigenvalue weighted by molar-refractivity contribution is 1.23. The Balaban J connectivity index is 1.19. The van der Waals surface area contributed by atoms with Crippen LogP contribution in [-0.2, 0) is 0 Å². The second-order valence-corrected chi connectivity index (χ2v) is 13.9. The zero-order valence-corrected chi connectivity index (χ0v) is 30.4. The van der Waals surface area contributed by atoms with Crippen molar-refractivity contribution in [2.75, 3.05) is 0 Å². The standard InChI is InChI=1S/C52H34N4/c1-4-14-35(15-5-1)40-27-28-48-46(33-40)51(39-18-8-3-9-19-39)56-52(55-48)44-31-42(36-23-25-37(26-24-36)47-22-12-13-29-53-47)30-43(32-44)49-34-41-20-10-11-21-45(41)50(54-49)38-16-6-2-7-17-38/h1-34H. The minimum Gasteiger partial charge on any atom is -0.256 e. The quantitative estimate of drug-likeness (QED) is 0.165. The molecule has 0 aliphatic rings. The molecule has 0 bridgehead atoms. The zero-order chi connectivity index (χ0) is 37.3. The zero-order valence-electron chi connectivity index (χ0n) is 30.4. The van der Waals surface area contributed by atoms with Gasteiger partial charge in [0.25, 0.3) is 0 Å². The van der Waals surface area contributed by atoms with Gasteiger partial charge < -0.3 is 0 Å². The SMILES string of the molecule is c1ccc(-c2ccc3nc(-c4cc(-c5ccc(-c6ccccn6)cc5)cc(-c5cc6ccccc6c(-c6ccccc6)n5)c4)nc(-c4ccccc4)c3c2)cc1. The summed E-state index contributed by atoms with van der Waals surface area (Å²) >= 11 is 0. The summed E-state index contributed by atoms with van der Waals surface area (Å²) in [5, 5.41) is 3.25. The first-order valence-corrected chi connectivity index (χ1v) is 18.8. The highest BCUT2D eigenvalue weighted by molar-refractivity contribution is 5.99. The summed E-state index contributed by atoms with van der Waals surface area (Å²) in [6, 6.07) is 69.7. The Bertz CT molecular complexity index is 2980. The number of hydrogen-bond donors (Lipinski definition) is 0. The van der Waals surface area contributed by atoms with Crippen molar-refractivity contribution in [3.8, 4) is 78.7 Å². The fourth-order valence-corrected chi connectivity index (χ4v) is 7.48. The van der Waals surface area contributed by atoms with Crippen LogP contribution in [0.1, 0.15) is 0 Å². The van der Waals surface area contributed by atoms with Gasteiger partial charge in [0, 0.05) is 44.8 Å². The number of pyridine rings is 2. The van der Waals surface area contributed by atoms with Crippen molar-refractivity contribution in [1.82, 2.24) is 19.9 Å². The minimum absolute atomic E-state index is 0.654. The second-order valence-electron chi connectivity index (χ2n) is 13.9. The molecule has 0 aliphatic carbocycles. The summed E-state index contributed by atoms with van der Waals surface area (Å²) in [6.45, 7) is 0. The number of hydrogen-bond acceptors (Lipinski definition) is 4. The highest BCUT2D eigenvalue weighted by Gasteiger charge is 2.17. The van der Waals surface area contributed by atoms with Gasteiger partial charge in [0.1, 0.15) is 0 Å². The van der Waals surface area contributed by atoms with Crippen molar-refractivity contribution in [2.45, 2.75) is 0 Å². The Hall–Kier alpha value is -7.56. The minimum atomic E-state index is 0.654. The molecule has 4 nitrogen and oxygen atoms in total. The molecule has 10 aromatic rings. The molecule has 0 fully saturated rings. The topological polar surface area (TPSA) is 51.6 Å². The Morgan fingerprint density at radius 3 is 1.57 bits per heavy atom. The first-order chi connectivity index (χ1) is 27.7. The van der Waals surface area contributed by atoms with Crippen LogP contribution < -0.4 is 0 Å². The molecule has 4 heteroatoms. The van der Waals surface area contributed by atoms with E-state index in [0.717, 1.165) is 94.5 Å². The Morgan fingerprint density at radius 1 is 0.286 bits per heavy atom. The molecule has 262 valence electrons. The molecule has 0 saturated carbocycles. The molecule has 0 amide bonds. The number of benzene rings is 7. The van der Waals surface area contributed by atoms with Gasteiger partial charge in [-0.1, -0.05) is 152 Å². The molecular formula is C52H34N4. The van der Waals surface area contributed by atoms with Crippen LogP contribution in [0.5, 0.6) is 0 Å². The maximum atomic E-state index is 5.37. The predicted molar refractivity (Wildman–Crippen MR) is 231 cm³/mol. The largest absolute Gasteiger partial charge is 0.256 e. The Kier molecular flexibility index (Phi) is 8.47. The summed E-state index contributed by atoms with van der Waals surface area (Å²) in [4.78, 5) is 20.6. The highest BCUT2D eigenvalue weighted by Crippen LogP contribution is 2.38. The van der Waals surface area contributed by atoms with Gasteiger partial charge in [-0.3, -0.25) is 4.98 Å². The maximum absolute atomic E-state index is 5.37. The smallest absolute Gasteiger partial charge is 0.160 e. The highest BCUT2D eigenvalue weighted by atomic mass is 14.9. The van der Waals surface area contributed by atoms with E-state index in [1.807, 2.05) is 42.6 Å². The van der Waals surface area contributed by atoms with E-state index in [1.165, 1.54) is 0 Å². The van der Waals surface area contributed by atoms with E-state index in [9.17, 15) is 0 Å². The third-order valence-corrected chi connectivity index (χ3v) is 10.3. The Labute approximate surface area is 325 Å². The molecule has 56 heavy (non-hydrogen) atoms. The van der Waals surface area contributed by atoms with Gasteiger partial charge in [-0.2, -0.15) is 0 Å². The number of rotatable bonds is 7. The van der Waals surface area contributed by atoms with Crippen molar-refractivity contribution >= 4 is 21.7 Å². The van der Waals surface area contributed by atoms with Crippen molar-refractivity contribution < 1.29 is 0 Å². The summed E-state index contributed by atoms with van der Waals surface area (Å²) in [5.74, 6) is 0.654. The van der Waals surface area contributed by atoms with E-state index in [1.54, 1.807) is 0 Å². The van der Waals surface area contributed by atoms with Crippen molar-refractivity contribution in [3.05, 3.63) is 206 Å². The monoisotopic (exact) mass is 714 g/mol. The molecule has 7 aromatic carbocycles. The van der Waals surface area contributed by atoms with E-state index in [2.05, 4.69) is 169 Å². The lowest BCUT2D eigenvalue weighted by atomic mass is 9.95. The van der Waals surface area contributed by atoms with Crippen LogP contribution >= 0.6 is 0 Å². The first kappa shape index (κ1) is 33.0. The third kappa shape index (κ3) is 6.40. The maximum Gasteiger partial charge on any atom is 0.160 e. The van der Waals surface area contributed by atoms with Gasteiger partial charge in [-0.05, 0) is 76.2 Å². The Morgan fingerprint density at radius 2 is 0.857 bits per heavy atom. The molecule has 0 atom stereocenters. The fourth-order valence-electron chi connectivity index (χ4n) is 7.48. The normalized spacial score (nSPS) is 11.2. The fraction of sp³-hybridized carbons (Fsp3) is 0. The lowest BCUT2D eigenvalue weighted by Gasteiger charge is -2.15. The molecule has 3 heterocycles. The molecule has 0 N–H and O–H groups in total. The van der Waals surface area contributed by atoms with E-state index < -0.39 is 0 Å². The van der Waals surface area contributed by atoms with E-state index in [0.29, 0.717) is 5.82 Å². The van der Waals surface area contributed by atoms with Gasteiger partial charge in [-0.15, -0.1) is 0 Å². The van der Waals surface area contributed by atoms with Gasteiger partial charge >= 0.3 is 0 Å². The lowest BCUT2D eigenvalue weighted by Crippen LogP contribution is -1.97. The molecule has 0 aliphatic heterocycles. The van der Waals surface area contributed by atoms with Crippen LogP contribution in [0, 0.1) is 0 Å². The number of nitrogens with zero attached hydrogens (tertiary/aromatic N) is 4. The van der Waals surface area contributed by atoms with Crippen LogP contribution in [0.15, 0.2) is 206 Å². The average molecular weight is 715 g/mol. The molecule has 0 saturated heterocycles. The van der Waals surface area contributed by atoms with Gasteiger partial charge in [0.2, 0.25) is 0 Å². The molecule has 0 spiro atoms. The van der Waals surface area contributed by atoms with Gasteiger partial charge in [-0.25, -0.2) is 15.0 Å². The van der Waals surface area contributed by atoms with Crippen LogP contribution in [-0.4, -0.2) is 19.9 Å². The van der Waals surface area contributed by atoms with Gasteiger partial charge in [0.05, 0.1) is 28.3 Å². The molecule has 3 aromatic heterocycles. The van der Waals surface area contributed by atoms with Crippen LogP contribution in [0.3, 0.4) is 0 Å². The predicted octanol–water partition coefficient (Wildman–Crippen LogP) is 13.2. The van der Waals surface area contributed by atoms with E-state index in [4.69, 9.17) is 15.0 Å². The molecule has 0 unspecified atom stereocenters. The molecule has 10 rings (SSSR count). The molecule has 0 radical (unpaired) electrons. The summed E-state index contributed by atoms with van der Waals surface area (Å²) < 4.78 is 0. The van der Waals surface area contributed by atoms with Crippen molar-refractivity contribution in [1.29, 1.82) is 0 Å². The van der Waals surface area contributed by atoms with E-state index in [-0.39, 0.29) is 0 Å². The summed E-state index contributed by atoms with van der Waals surface area (Å²) in [5.41, 5.74) is 14.0. The first-order valence-electron chi connectivity index (χ1n) is 18.8. The molecular weight excluding hydrogens is 681 g/mol. The average Bonchev–Trinajstić information content (AvgIpc) is 3.29. The van der Waals surface area contributed by atoms with Gasteiger partial charge in [0.15, 0.2) is 5.82 Å². The van der Waals surface area contributed by atoms with Crippen molar-refractivity contribution in [3.63, 3.8) is 0 Å².